The molecule has 1 saturated carbocycles. The predicted octanol–water partition coefficient (Wildman–Crippen LogP) is -0.533. The van der Waals surface area contributed by atoms with E-state index < -0.39 is 13.1 Å². The zero-order chi connectivity index (χ0) is 14.7. The highest BCUT2D eigenvalue weighted by Crippen LogP contribution is 2.48. The number of hydrogen-bond acceptors (Lipinski definition) is 5. The SMILES string of the molecule is NCCN1C[C@@H]2C[C@@H](C(=O)O)[C@@H](CCCB(O)O)[C@@H]2C1. The molecule has 2 fully saturated rings. The molecule has 0 bridgehead atoms. The Morgan fingerprint density at radius 2 is 2.10 bits per heavy atom. The van der Waals surface area contributed by atoms with Crippen LogP contribution in [0.5, 0.6) is 0 Å². The Bertz CT molecular complexity index is 342. The van der Waals surface area contributed by atoms with Crippen LogP contribution >= 0.6 is 0 Å². The van der Waals surface area contributed by atoms with Gasteiger partial charge in [0.25, 0.3) is 0 Å². The number of nitrogens with two attached hydrogens (primary N) is 1. The maximum atomic E-state index is 11.4. The first-order valence-electron chi connectivity index (χ1n) is 7.54. The Kier molecular flexibility index (Phi) is 5.43. The Morgan fingerprint density at radius 3 is 2.70 bits per heavy atom. The normalized spacial score (nSPS) is 33.4. The second-order valence-electron chi connectivity index (χ2n) is 6.23. The molecule has 1 aliphatic carbocycles. The van der Waals surface area contributed by atoms with Crippen LogP contribution in [0.15, 0.2) is 0 Å². The van der Waals surface area contributed by atoms with Crippen LogP contribution in [0.3, 0.4) is 0 Å². The molecule has 0 aromatic carbocycles. The molecule has 2 rings (SSSR count). The van der Waals surface area contributed by atoms with Crippen molar-refractivity contribution in [2.45, 2.75) is 25.6 Å². The molecule has 0 spiro atoms. The third-order valence-electron chi connectivity index (χ3n) is 4.95. The molecule has 114 valence electrons. The van der Waals surface area contributed by atoms with E-state index in [0.29, 0.717) is 31.1 Å². The van der Waals surface area contributed by atoms with E-state index in [0.717, 1.165) is 32.5 Å². The van der Waals surface area contributed by atoms with Crippen molar-refractivity contribution in [2.75, 3.05) is 26.2 Å². The van der Waals surface area contributed by atoms with Gasteiger partial charge in [-0.1, -0.05) is 6.42 Å². The van der Waals surface area contributed by atoms with Crippen LogP contribution in [0.4, 0.5) is 0 Å². The molecule has 7 heteroatoms. The van der Waals surface area contributed by atoms with Crippen molar-refractivity contribution < 1.29 is 19.9 Å². The molecule has 0 radical (unpaired) electrons. The van der Waals surface area contributed by atoms with Gasteiger partial charge in [0.1, 0.15) is 0 Å². The number of likely N-dealkylation sites (tertiary alicyclic amines) is 1. The summed E-state index contributed by atoms with van der Waals surface area (Å²) < 4.78 is 0. The van der Waals surface area contributed by atoms with Crippen molar-refractivity contribution in [2.24, 2.45) is 29.4 Å². The third-order valence-corrected chi connectivity index (χ3v) is 4.95. The average Bonchev–Trinajstić information content (AvgIpc) is 2.88. The number of fused-ring (bicyclic) bond motifs is 1. The molecular formula is C13H25BN2O4. The number of aliphatic carboxylic acids is 1. The van der Waals surface area contributed by atoms with E-state index in [1.165, 1.54) is 0 Å². The quantitative estimate of drug-likeness (QED) is 0.468. The van der Waals surface area contributed by atoms with Gasteiger partial charge < -0.3 is 25.8 Å². The zero-order valence-electron chi connectivity index (χ0n) is 11.8. The largest absolute Gasteiger partial charge is 0.481 e. The van der Waals surface area contributed by atoms with Gasteiger partial charge in [0.15, 0.2) is 0 Å². The Labute approximate surface area is 120 Å². The standard InChI is InChI=1S/C13H25BN2O4/c15-4-5-16-7-9-6-11(13(17)18)10(12(9)8-16)2-1-3-14(19)20/h9-12,19-20H,1-8,15H2,(H,17,18)/t9-,10+,11+,12+/m0/s1. The van der Waals surface area contributed by atoms with E-state index in [4.69, 9.17) is 15.8 Å². The van der Waals surface area contributed by atoms with Crippen LogP contribution in [-0.2, 0) is 4.79 Å². The van der Waals surface area contributed by atoms with Crippen LogP contribution in [0.1, 0.15) is 19.3 Å². The highest BCUT2D eigenvalue weighted by molar-refractivity contribution is 6.40. The summed E-state index contributed by atoms with van der Waals surface area (Å²) in [6.07, 6.45) is 2.53. The summed E-state index contributed by atoms with van der Waals surface area (Å²) in [5, 5.41) is 27.2. The molecule has 6 nitrogen and oxygen atoms in total. The van der Waals surface area contributed by atoms with E-state index in [1.54, 1.807) is 0 Å². The topological polar surface area (TPSA) is 107 Å². The summed E-state index contributed by atoms with van der Waals surface area (Å²) in [5.41, 5.74) is 5.59. The summed E-state index contributed by atoms with van der Waals surface area (Å²) in [5.74, 6) is 0.101. The minimum Gasteiger partial charge on any atom is -0.481 e. The summed E-state index contributed by atoms with van der Waals surface area (Å²) in [6, 6.07) is 0. The summed E-state index contributed by atoms with van der Waals surface area (Å²) in [4.78, 5) is 13.7. The predicted molar refractivity (Wildman–Crippen MR) is 75.9 cm³/mol. The van der Waals surface area contributed by atoms with Crippen molar-refractivity contribution in [3.8, 4) is 0 Å². The Morgan fingerprint density at radius 1 is 1.35 bits per heavy atom. The summed E-state index contributed by atoms with van der Waals surface area (Å²) >= 11 is 0. The Hall–Kier alpha value is -0.625. The fourth-order valence-electron chi connectivity index (χ4n) is 4.12. The lowest BCUT2D eigenvalue weighted by Crippen LogP contribution is -2.31. The first kappa shape index (κ1) is 15.8. The number of carboxylic acid groups (broad SMARTS) is 1. The van der Waals surface area contributed by atoms with Crippen molar-refractivity contribution in [1.29, 1.82) is 0 Å². The molecule has 20 heavy (non-hydrogen) atoms. The number of rotatable bonds is 7. The number of nitrogens with zero attached hydrogens (tertiary/aromatic N) is 1. The minimum atomic E-state index is -1.28. The van der Waals surface area contributed by atoms with Crippen LogP contribution in [0, 0.1) is 23.7 Å². The van der Waals surface area contributed by atoms with Gasteiger partial charge in [-0.15, -0.1) is 0 Å². The van der Waals surface area contributed by atoms with E-state index in [-0.39, 0.29) is 11.8 Å². The molecule has 1 heterocycles. The zero-order valence-corrected chi connectivity index (χ0v) is 11.8. The van der Waals surface area contributed by atoms with E-state index in [9.17, 15) is 9.90 Å². The lowest BCUT2D eigenvalue weighted by Gasteiger charge is -2.23. The van der Waals surface area contributed by atoms with Gasteiger partial charge in [0.2, 0.25) is 0 Å². The molecule has 1 saturated heterocycles. The van der Waals surface area contributed by atoms with Gasteiger partial charge in [0.05, 0.1) is 5.92 Å². The van der Waals surface area contributed by atoms with Crippen molar-refractivity contribution in [1.82, 2.24) is 4.90 Å². The molecule has 4 atom stereocenters. The fourth-order valence-corrected chi connectivity index (χ4v) is 4.12. The molecule has 2 aliphatic rings. The van der Waals surface area contributed by atoms with Crippen molar-refractivity contribution in [3.63, 3.8) is 0 Å². The third kappa shape index (κ3) is 3.52. The lowest BCUT2D eigenvalue weighted by molar-refractivity contribution is -0.143. The first-order chi connectivity index (χ1) is 9.52. The highest BCUT2D eigenvalue weighted by Gasteiger charge is 2.49. The molecule has 0 aromatic heterocycles. The Balaban J connectivity index is 1.94. The maximum Gasteiger partial charge on any atom is 0.451 e. The van der Waals surface area contributed by atoms with Crippen molar-refractivity contribution >= 4 is 13.1 Å². The van der Waals surface area contributed by atoms with Crippen LogP contribution in [0.25, 0.3) is 0 Å². The monoisotopic (exact) mass is 284 g/mol. The molecule has 0 unspecified atom stereocenters. The second kappa shape index (κ2) is 6.89. The number of carboxylic acids is 1. The summed E-state index contributed by atoms with van der Waals surface area (Å²) in [6.45, 7) is 3.43. The van der Waals surface area contributed by atoms with Crippen LogP contribution < -0.4 is 5.73 Å². The second-order valence-corrected chi connectivity index (χ2v) is 6.23. The minimum absolute atomic E-state index is 0.166. The molecule has 5 N–H and O–H groups in total. The first-order valence-corrected chi connectivity index (χ1v) is 7.54. The highest BCUT2D eigenvalue weighted by atomic mass is 16.4. The van der Waals surface area contributed by atoms with Crippen molar-refractivity contribution in [3.05, 3.63) is 0 Å². The van der Waals surface area contributed by atoms with Gasteiger partial charge in [-0.3, -0.25) is 4.79 Å². The average molecular weight is 284 g/mol. The lowest BCUT2D eigenvalue weighted by atomic mass is 9.78. The van der Waals surface area contributed by atoms with Gasteiger partial charge >= 0.3 is 13.1 Å². The molecule has 0 amide bonds. The van der Waals surface area contributed by atoms with Gasteiger partial charge in [-0.2, -0.15) is 0 Å². The number of hydrogen-bond donors (Lipinski definition) is 4. The van der Waals surface area contributed by atoms with Gasteiger partial charge in [-0.05, 0) is 36.9 Å². The van der Waals surface area contributed by atoms with E-state index in [1.807, 2.05) is 0 Å². The van der Waals surface area contributed by atoms with E-state index >= 15 is 0 Å². The molecule has 1 aliphatic heterocycles. The van der Waals surface area contributed by atoms with Crippen LogP contribution in [0.2, 0.25) is 6.32 Å². The smallest absolute Gasteiger partial charge is 0.451 e. The van der Waals surface area contributed by atoms with Crippen LogP contribution in [-0.4, -0.2) is 59.3 Å². The summed E-state index contributed by atoms with van der Waals surface area (Å²) in [7, 11) is -1.28. The number of carbonyl (C=O) groups is 1. The maximum absolute atomic E-state index is 11.4. The molecular weight excluding hydrogens is 259 g/mol. The van der Waals surface area contributed by atoms with Gasteiger partial charge in [0, 0.05) is 26.2 Å². The fraction of sp³-hybridized carbons (Fsp3) is 0.923. The molecule has 0 aromatic rings. The van der Waals surface area contributed by atoms with E-state index in [2.05, 4.69) is 4.90 Å². The van der Waals surface area contributed by atoms with Gasteiger partial charge in [-0.25, -0.2) is 0 Å².